The summed E-state index contributed by atoms with van der Waals surface area (Å²) in [5, 5.41) is 0.0703. The molecule has 2 aliphatic rings. The van der Waals surface area contributed by atoms with Gasteiger partial charge in [-0.25, -0.2) is 4.79 Å². The minimum Gasteiger partial charge on any atom is -0.453 e. The van der Waals surface area contributed by atoms with Crippen LogP contribution in [0.4, 0.5) is 0 Å². The van der Waals surface area contributed by atoms with Crippen LogP contribution in [0.5, 0.6) is 0 Å². The highest BCUT2D eigenvalue weighted by molar-refractivity contribution is 6.74. The van der Waals surface area contributed by atoms with Crippen molar-refractivity contribution in [1.29, 1.82) is 0 Å². The first-order valence-corrected chi connectivity index (χ1v) is 11.4. The molecule has 0 spiro atoms. The predicted octanol–water partition coefficient (Wildman–Crippen LogP) is 4.00. The van der Waals surface area contributed by atoms with Gasteiger partial charge >= 0.3 is 5.97 Å². The van der Waals surface area contributed by atoms with Gasteiger partial charge < -0.3 is 13.9 Å². The number of ether oxygens (including phenoxy) is 2. The third-order valence-corrected chi connectivity index (χ3v) is 9.76. The van der Waals surface area contributed by atoms with Crippen LogP contribution in [-0.4, -0.2) is 32.6 Å². The number of hydrogen-bond acceptors (Lipinski definition) is 4. The number of fused-ring (bicyclic) bond motifs is 1. The monoisotopic (exact) mass is 346 g/mol. The van der Waals surface area contributed by atoms with Crippen molar-refractivity contribution in [3.8, 4) is 0 Å². The van der Waals surface area contributed by atoms with Crippen molar-refractivity contribution in [3.05, 3.63) is 48.0 Å². The van der Waals surface area contributed by atoms with Crippen molar-refractivity contribution in [2.45, 2.75) is 63.3 Å². The average Bonchev–Trinajstić information content (AvgIpc) is 2.85. The largest absolute Gasteiger partial charge is 0.453 e. The van der Waals surface area contributed by atoms with Gasteiger partial charge in [-0.3, -0.25) is 0 Å². The first-order valence-electron chi connectivity index (χ1n) is 8.46. The summed E-state index contributed by atoms with van der Waals surface area (Å²) in [6.45, 7) is 11.0. The SMILES string of the molecule is CC(C)(C)[Si](C)(C)O[C@H]1[C@@H]2OC(=O)C=C[C@@H]2O[C@@H]1c1ccccc1. The molecular weight excluding hydrogens is 320 g/mol. The van der Waals surface area contributed by atoms with Gasteiger partial charge in [0.15, 0.2) is 14.4 Å². The molecule has 24 heavy (non-hydrogen) atoms. The van der Waals surface area contributed by atoms with Crippen LogP contribution in [0.3, 0.4) is 0 Å². The van der Waals surface area contributed by atoms with Crippen LogP contribution in [-0.2, 0) is 18.7 Å². The Hall–Kier alpha value is -1.43. The first-order chi connectivity index (χ1) is 11.2. The zero-order valence-electron chi connectivity index (χ0n) is 15.0. The molecule has 1 aromatic carbocycles. The molecule has 2 aliphatic heterocycles. The summed E-state index contributed by atoms with van der Waals surface area (Å²) < 4.78 is 18.4. The van der Waals surface area contributed by atoms with E-state index in [9.17, 15) is 4.79 Å². The van der Waals surface area contributed by atoms with E-state index < -0.39 is 8.32 Å². The summed E-state index contributed by atoms with van der Waals surface area (Å²) in [5.41, 5.74) is 1.06. The van der Waals surface area contributed by atoms with Gasteiger partial charge in [0.2, 0.25) is 0 Å². The van der Waals surface area contributed by atoms with E-state index >= 15 is 0 Å². The lowest BCUT2D eigenvalue weighted by atomic mass is 10.0. The molecule has 3 rings (SSSR count). The summed E-state index contributed by atoms with van der Waals surface area (Å²) in [6, 6.07) is 10.0. The normalized spacial score (nSPS) is 30.1. The molecule has 1 aromatic rings. The van der Waals surface area contributed by atoms with Gasteiger partial charge in [-0.15, -0.1) is 0 Å². The first kappa shape index (κ1) is 17.4. The highest BCUT2D eigenvalue weighted by Crippen LogP contribution is 2.44. The Bertz CT molecular complexity index is 633. The number of rotatable bonds is 3. The molecule has 0 aliphatic carbocycles. The van der Waals surface area contributed by atoms with Crippen LogP contribution >= 0.6 is 0 Å². The highest BCUT2D eigenvalue weighted by Gasteiger charge is 2.52. The van der Waals surface area contributed by atoms with E-state index in [2.05, 4.69) is 33.9 Å². The lowest BCUT2D eigenvalue weighted by Crippen LogP contribution is -2.49. The fourth-order valence-electron chi connectivity index (χ4n) is 2.88. The topological polar surface area (TPSA) is 44.8 Å². The summed E-state index contributed by atoms with van der Waals surface area (Å²) >= 11 is 0. The summed E-state index contributed by atoms with van der Waals surface area (Å²) in [5.74, 6) is -0.322. The molecule has 130 valence electrons. The van der Waals surface area contributed by atoms with Gasteiger partial charge in [0, 0.05) is 6.08 Å². The number of esters is 1. The molecule has 1 fully saturated rings. The van der Waals surface area contributed by atoms with Crippen molar-refractivity contribution < 1.29 is 18.7 Å². The van der Waals surface area contributed by atoms with Crippen LogP contribution < -0.4 is 0 Å². The van der Waals surface area contributed by atoms with Crippen LogP contribution in [0, 0.1) is 0 Å². The second-order valence-corrected chi connectivity index (χ2v) is 12.8. The average molecular weight is 346 g/mol. The van der Waals surface area contributed by atoms with E-state index in [1.54, 1.807) is 6.08 Å². The summed E-state index contributed by atoms with van der Waals surface area (Å²) in [6.07, 6.45) is 2.09. The molecule has 0 N–H and O–H groups in total. The van der Waals surface area contributed by atoms with Crippen molar-refractivity contribution in [2.24, 2.45) is 0 Å². The Morgan fingerprint density at radius 1 is 1.12 bits per heavy atom. The minimum atomic E-state index is -2.04. The van der Waals surface area contributed by atoms with Crippen molar-refractivity contribution >= 4 is 14.3 Å². The van der Waals surface area contributed by atoms with Gasteiger partial charge in [-0.05, 0) is 29.8 Å². The Morgan fingerprint density at radius 2 is 1.79 bits per heavy atom. The van der Waals surface area contributed by atoms with Crippen molar-refractivity contribution in [3.63, 3.8) is 0 Å². The maximum Gasteiger partial charge on any atom is 0.330 e. The van der Waals surface area contributed by atoms with Gasteiger partial charge in [0.1, 0.15) is 18.3 Å². The van der Waals surface area contributed by atoms with E-state index in [0.29, 0.717) is 0 Å². The molecule has 0 aromatic heterocycles. The van der Waals surface area contributed by atoms with Crippen LogP contribution in [0.1, 0.15) is 32.4 Å². The molecule has 0 radical (unpaired) electrons. The molecule has 4 nitrogen and oxygen atoms in total. The van der Waals surface area contributed by atoms with Gasteiger partial charge in [0.05, 0.1) is 0 Å². The maximum atomic E-state index is 11.7. The fraction of sp³-hybridized carbons (Fsp3) is 0.526. The van der Waals surface area contributed by atoms with Crippen LogP contribution in [0.25, 0.3) is 0 Å². The summed E-state index contributed by atoms with van der Waals surface area (Å²) in [4.78, 5) is 11.7. The van der Waals surface area contributed by atoms with Crippen LogP contribution in [0.2, 0.25) is 18.1 Å². The Labute approximate surface area is 144 Å². The van der Waals surface area contributed by atoms with Crippen LogP contribution in [0.15, 0.2) is 42.5 Å². The Morgan fingerprint density at radius 3 is 2.42 bits per heavy atom. The quantitative estimate of drug-likeness (QED) is 0.613. The molecule has 4 atom stereocenters. The smallest absolute Gasteiger partial charge is 0.330 e. The number of carbonyl (C=O) groups excluding carboxylic acids is 1. The number of carbonyl (C=O) groups is 1. The van der Waals surface area contributed by atoms with Crippen molar-refractivity contribution in [1.82, 2.24) is 0 Å². The van der Waals surface area contributed by atoms with Gasteiger partial charge in [-0.2, -0.15) is 0 Å². The maximum absolute atomic E-state index is 11.7. The zero-order valence-corrected chi connectivity index (χ0v) is 16.0. The number of hydrogen-bond donors (Lipinski definition) is 0. The lowest BCUT2D eigenvalue weighted by Gasteiger charge is -2.40. The molecule has 0 bridgehead atoms. The Kier molecular flexibility index (Phi) is 4.44. The minimum absolute atomic E-state index is 0.0703. The molecule has 0 saturated carbocycles. The fourth-order valence-corrected chi connectivity index (χ4v) is 4.17. The number of benzene rings is 1. The molecule has 5 heteroatoms. The summed E-state index contributed by atoms with van der Waals surface area (Å²) in [7, 11) is -2.04. The second kappa shape index (κ2) is 6.13. The second-order valence-electron chi connectivity index (χ2n) is 8.04. The van der Waals surface area contributed by atoms with E-state index in [0.717, 1.165) is 5.56 Å². The molecule has 1 saturated heterocycles. The molecule has 0 amide bonds. The predicted molar refractivity (Wildman–Crippen MR) is 95.1 cm³/mol. The van der Waals surface area contributed by atoms with E-state index in [1.807, 2.05) is 30.3 Å². The van der Waals surface area contributed by atoms with E-state index in [-0.39, 0.29) is 35.4 Å². The lowest BCUT2D eigenvalue weighted by molar-refractivity contribution is -0.149. The molecular formula is C19H26O4Si. The standard InChI is InChI=1S/C19H26O4Si/c1-19(2,3)24(4,5)23-18-16(13-9-7-6-8-10-13)21-14-11-12-15(20)22-17(14)18/h6-12,14,16-18H,1-5H3/t14-,16+,17+,18+/m0/s1. The highest BCUT2D eigenvalue weighted by atomic mass is 28.4. The van der Waals surface area contributed by atoms with E-state index in [1.165, 1.54) is 6.08 Å². The zero-order chi connectivity index (χ0) is 17.5. The third-order valence-electron chi connectivity index (χ3n) is 5.29. The molecule has 0 unspecified atom stereocenters. The Balaban J connectivity index is 1.94. The third kappa shape index (κ3) is 3.21. The molecule has 2 heterocycles. The van der Waals surface area contributed by atoms with Gasteiger partial charge in [-0.1, -0.05) is 51.1 Å². The van der Waals surface area contributed by atoms with Gasteiger partial charge in [0.25, 0.3) is 0 Å². The van der Waals surface area contributed by atoms with E-state index in [4.69, 9.17) is 13.9 Å². The van der Waals surface area contributed by atoms with Crippen molar-refractivity contribution in [2.75, 3.05) is 0 Å².